The number of methoxy groups -OCH3 is 1. The van der Waals surface area contributed by atoms with Crippen molar-refractivity contribution in [3.05, 3.63) is 45.8 Å². The third-order valence-corrected chi connectivity index (χ3v) is 4.27. The van der Waals surface area contributed by atoms with Crippen LogP contribution in [0.1, 0.15) is 5.82 Å². The topological polar surface area (TPSA) is 39.9 Å². The van der Waals surface area contributed by atoms with Gasteiger partial charge in [-0.2, -0.15) is 4.98 Å². The number of aromatic nitrogens is 3. The van der Waals surface area contributed by atoms with E-state index in [0.717, 1.165) is 26.2 Å². The van der Waals surface area contributed by atoms with E-state index in [1.165, 1.54) is 0 Å². The van der Waals surface area contributed by atoms with Gasteiger partial charge in [-0.15, -0.1) is 11.6 Å². The molecule has 6 heteroatoms. The molecule has 0 aliphatic heterocycles. The fraction of sp³-hybridized carbons (Fsp3) is 0.200. The van der Waals surface area contributed by atoms with Crippen molar-refractivity contribution in [1.29, 1.82) is 0 Å². The van der Waals surface area contributed by atoms with Crippen LogP contribution in [0.3, 0.4) is 0 Å². The predicted molar refractivity (Wildman–Crippen MR) is 92.6 cm³/mol. The van der Waals surface area contributed by atoms with Crippen LogP contribution in [0.25, 0.3) is 16.9 Å². The minimum absolute atomic E-state index is 0.518. The molecule has 1 aromatic carbocycles. The van der Waals surface area contributed by atoms with Crippen LogP contribution < -0.4 is 4.74 Å². The second-order valence-corrected chi connectivity index (χ2v) is 5.99. The van der Waals surface area contributed by atoms with E-state index in [4.69, 9.17) is 16.3 Å². The molecule has 21 heavy (non-hydrogen) atoms. The first-order valence-corrected chi connectivity index (χ1v) is 8.09. The van der Waals surface area contributed by atoms with Crippen molar-refractivity contribution < 1.29 is 4.74 Å². The van der Waals surface area contributed by atoms with Crippen molar-refractivity contribution >= 4 is 45.4 Å². The van der Waals surface area contributed by atoms with Crippen molar-refractivity contribution in [3.63, 3.8) is 0 Å². The Morgan fingerprint density at radius 1 is 1.19 bits per heavy atom. The van der Waals surface area contributed by atoms with Gasteiger partial charge in [-0.25, -0.2) is 4.98 Å². The molecule has 0 radical (unpaired) electrons. The van der Waals surface area contributed by atoms with Gasteiger partial charge in [0.25, 0.3) is 0 Å². The molecular formula is C15H13ClIN3O. The van der Waals surface area contributed by atoms with Gasteiger partial charge in [0.2, 0.25) is 5.88 Å². The number of halogens is 2. The highest BCUT2D eigenvalue weighted by molar-refractivity contribution is 14.1. The number of aryl methyl sites for hydroxylation is 1. The van der Waals surface area contributed by atoms with Crippen molar-refractivity contribution in [3.8, 4) is 11.6 Å². The summed E-state index contributed by atoms with van der Waals surface area (Å²) in [7, 11) is 1.61. The fourth-order valence-electron chi connectivity index (χ4n) is 2.24. The van der Waals surface area contributed by atoms with Crippen molar-refractivity contribution in [2.24, 2.45) is 0 Å². The van der Waals surface area contributed by atoms with Gasteiger partial charge in [-0.3, -0.25) is 4.57 Å². The molecule has 0 fully saturated rings. The number of hydrogen-bond acceptors (Lipinski definition) is 3. The first-order valence-electron chi connectivity index (χ1n) is 6.48. The zero-order valence-electron chi connectivity index (χ0n) is 11.4. The molecule has 0 unspecified atom stereocenters. The highest BCUT2D eigenvalue weighted by atomic mass is 127. The average Bonchev–Trinajstić information content (AvgIpc) is 2.85. The van der Waals surface area contributed by atoms with E-state index in [2.05, 4.69) is 49.3 Å². The lowest BCUT2D eigenvalue weighted by Gasteiger charge is -2.10. The minimum Gasteiger partial charge on any atom is -0.481 e. The highest BCUT2D eigenvalue weighted by Gasteiger charge is 2.15. The third kappa shape index (κ3) is 2.72. The van der Waals surface area contributed by atoms with E-state index < -0.39 is 0 Å². The number of para-hydroxylation sites is 1. The summed E-state index contributed by atoms with van der Waals surface area (Å²) in [6.45, 7) is 0. The smallest absolute Gasteiger partial charge is 0.215 e. The van der Waals surface area contributed by atoms with Gasteiger partial charge in [-0.05, 0) is 40.8 Å². The summed E-state index contributed by atoms with van der Waals surface area (Å²) in [5.41, 5.74) is 2.69. The lowest BCUT2D eigenvalue weighted by Crippen LogP contribution is -2.05. The zero-order valence-corrected chi connectivity index (χ0v) is 14.3. The van der Waals surface area contributed by atoms with Crippen LogP contribution in [0.5, 0.6) is 5.88 Å². The first kappa shape index (κ1) is 14.6. The molecule has 0 N–H and O–H groups in total. The van der Waals surface area contributed by atoms with E-state index in [1.54, 1.807) is 7.11 Å². The number of hydrogen-bond donors (Lipinski definition) is 0. The quantitative estimate of drug-likeness (QED) is 0.482. The highest BCUT2D eigenvalue weighted by Crippen LogP contribution is 2.25. The molecule has 2 aromatic heterocycles. The molecule has 0 bridgehead atoms. The second kappa shape index (κ2) is 6.19. The molecule has 0 aliphatic rings. The zero-order chi connectivity index (χ0) is 14.8. The molecule has 0 aliphatic carbocycles. The second-order valence-electron chi connectivity index (χ2n) is 4.45. The Kier molecular flexibility index (Phi) is 4.30. The molecule has 3 rings (SSSR count). The molecule has 0 saturated heterocycles. The number of benzene rings is 1. The van der Waals surface area contributed by atoms with Crippen molar-refractivity contribution in [2.75, 3.05) is 13.0 Å². The number of fused-ring (bicyclic) bond motifs is 1. The largest absolute Gasteiger partial charge is 0.481 e. The molecule has 2 heterocycles. The Bertz CT molecular complexity index is 788. The van der Waals surface area contributed by atoms with E-state index in [1.807, 2.05) is 24.3 Å². The third-order valence-electron chi connectivity index (χ3n) is 3.17. The number of ether oxygens (including phenoxy) is 1. The predicted octanol–water partition coefficient (Wildman–Crippen LogP) is 3.82. The van der Waals surface area contributed by atoms with Crippen LogP contribution in [0.4, 0.5) is 0 Å². The SMILES string of the molecule is COc1ccc2nc(CCCl)n(-c3ccccc3I)c2n1. The summed E-state index contributed by atoms with van der Waals surface area (Å²) < 4.78 is 8.42. The normalized spacial score (nSPS) is 11.0. The lowest BCUT2D eigenvalue weighted by atomic mass is 10.3. The van der Waals surface area contributed by atoms with E-state index in [-0.39, 0.29) is 0 Å². The van der Waals surface area contributed by atoms with Crippen LogP contribution >= 0.6 is 34.2 Å². The molecule has 0 amide bonds. The van der Waals surface area contributed by atoms with Gasteiger partial charge in [0.15, 0.2) is 5.65 Å². The number of nitrogens with zero attached hydrogens (tertiary/aromatic N) is 3. The van der Waals surface area contributed by atoms with Gasteiger partial charge in [-0.1, -0.05) is 12.1 Å². The summed E-state index contributed by atoms with van der Waals surface area (Å²) in [5, 5.41) is 0. The first-order chi connectivity index (χ1) is 10.2. The molecule has 0 saturated carbocycles. The fourth-order valence-corrected chi connectivity index (χ4v) is 3.04. The van der Waals surface area contributed by atoms with Gasteiger partial charge in [0.1, 0.15) is 11.3 Å². The van der Waals surface area contributed by atoms with Gasteiger partial charge >= 0.3 is 0 Å². The molecule has 0 atom stereocenters. The minimum atomic E-state index is 0.518. The number of alkyl halides is 1. The van der Waals surface area contributed by atoms with Crippen LogP contribution in [-0.2, 0) is 6.42 Å². The number of imidazole rings is 1. The van der Waals surface area contributed by atoms with Gasteiger partial charge in [0, 0.05) is 21.9 Å². The Balaban J connectivity index is 2.31. The Morgan fingerprint density at radius 3 is 2.71 bits per heavy atom. The molecular weight excluding hydrogens is 401 g/mol. The molecule has 108 valence electrons. The van der Waals surface area contributed by atoms with Gasteiger partial charge < -0.3 is 4.74 Å². The van der Waals surface area contributed by atoms with Crippen LogP contribution in [-0.4, -0.2) is 27.5 Å². The maximum Gasteiger partial charge on any atom is 0.215 e. The Labute approximate surface area is 141 Å². The summed E-state index contributed by atoms with van der Waals surface area (Å²) >= 11 is 8.24. The average molecular weight is 414 g/mol. The van der Waals surface area contributed by atoms with Crippen LogP contribution in [0.2, 0.25) is 0 Å². The molecule has 4 nitrogen and oxygen atoms in total. The van der Waals surface area contributed by atoms with Crippen LogP contribution in [0.15, 0.2) is 36.4 Å². The monoisotopic (exact) mass is 413 g/mol. The maximum atomic E-state index is 5.92. The Morgan fingerprint density at radius 2 is 2.00 bits per heavy atom. The molecule has 3 aromatic rings. The number of rotatable bonds is 4. The van der Waals surface area contributed by atoms with Crippen molar-refractivity contribution in [2.45, 2.75) is 6.42 Å². The van der Waals surface area contributed by atoms with E-state index in [0.29, 0.717) is 18.2 Å². The van der Waals surface area contributed by atoms with Crippen LogP contribution in [0, 0.1) is 3.57 Å². The number of pyridine rings is 1. The Hall–Kier alpha value is -1.34. The summed E-state index contributed by atoms with van der Waals surface area (Å²) in [5.74, 6) is 2.00. The summed E-state index contributed by atoms with van der Waals surface area (Å²) in [4.78, 5) is 9.20. The van der Waals surface area contributed by atoms with Crippen molar-refractivity contribution in [1.82, 2.24) is 14.5 Å². The maximum absolute atomic E-state index is 5.92. The lowest BCUT2D eigenvalue weighted by molar-refractivity contribution is 0.399. The summed E-state index contributed by atoms with van der Waals surface area (Å²) in [6.07, 6.45) is 0.686. The van der Waals surface area contributed by atoms with E-state index in [9.17, 15) is 0 Å². The van der Waals surface area contributed by atoms with Gasteiger partial charge in [0.05, 0.1) is 12.8 Å². The summed E-state index contributed by atoms with van der Waals surface area (Å²) in [6, 6.07) is 11.9. The molecule has 0 spiro atoms. The van der Waals surface area contributed by atoms with E-state index >= 15 is 0 Å². The standard InChI is InChI=1S/C15H13ClIN3O/c1-21-14-7-6-11-15(19-14)20(13(18-11)8-9-16)12-5-3-2-4-10(12)17/h2-7H,8-9H2,1H3.